The van der Waals surface area contributed by atoms with E-state index in [4.69, 9.17) is 0 Å². The number of rotatable bonds is 23. The van der Waals surface area contributed by atoms with Gasteiger partial charge in [-0.3, -0.25) is 10.1 Å². The van der Waals surface area contributed by atoms with Gasteiger partial charge in [0.05, 0.1) is 0 Å². The van der Waals surface area contributed by atoms with Crippen LogP contribution in [-0.2, 0) is 4.84 Å². The smallest absolute Gasteiger partial charge is 0.294 e. The van der Waals surface area contributed by atoms with E-state index in [1.807, 2.05) is 0 Å². The van der Waals surface area contributed by atoms with Crippen molar-refractivity contribution in [3.63, 3.8) is 0 Å². The molecule has 7 nitrogen and oxygen atoms in total. The van der Waals surface area contributed by atoms with Gasteiger partial charge in [0.1, 0.15) is 0 Å². The van der Waals surface area contributed by atoms with Crippen LogP contribution in [0.1, 0.15) is 129 Å². The molecule has 172 valence electrons. The molecule has 0 saturated carbocycles. The molecule has 0 radical (unpaired) electrons. The minimum absolute atomic E-state index is 0.347. The van der Waals surface area contributed by atoms with Crippen LogP contribution in [0.4, 0.5) is 0 Å². The van der Waals surface area contributed by atoms with E-state index in [0.717, 1.165) is 19.3 Å². The summed E-state index contributed by atoms with van der Waals surface area (Å²) in [6, 6.07) is -0.971. The van der Waals surface area contributed by atoms with Crippen LogP contribution < -0.4 is 0 Å². The first kappa shape index (κ1) is 27.6. The molecule has 0 heterocycles. The van der Waals surface area contributed by atoms with Gasteiger partial charge in [-0.2, -0.15) is 0 Å². The molecule has 0 saturated heterocycles. The monoisotopic (exact) mass is 416 g/mol. The SMILES string of the molecule is CCCCCCCCCCCCCCCCCCCCC(CO[N+](=O)[O-])[N+](=O)[O-]. The van der Waals surface area contributed by atoms with E-state index in [0.29, 0.717) is 6.42 Å². The molecule has 7 heteroatoms. The van der Waals surface area contributed by atoms with Crippen molar-refractivity contribution < 1.29 is 14.8 Å². The van der Waals surface area contributed by atoms with Crippen molar-refractivity contribution in [2.45, 2.75) is 135 Å². The van der Waals surface area contributed by atoms with Gasteiger partial charge in [-0.15, -0.1) is 10.1 Å². The lowest BCUT2D eigenvalue weighted by Crippen LogP contribution is -2.26. The van der Waals surface area contributed by atoms with Crippen molar-refractivity contribution in [2.75, 3.05) is 6.61 Å². The van der Waals surface area contributed by atoms with E-state index in [1.54, 1.807) is 0 Å². The van der Waals surface area contributed by atoms with Gasteiger partial charge in [0.2, 0.25) is 6.04 Å². The van der Waals surface area contributed by atoms with Gasteiger partial charge >= 0.3 is 0 Å². The van der Waals surface area contributed by atoms with Crippen LogP contribution in [0.15, 0.2) is 0 Å². The van der Waals surface area contributed by atoms with Crippen LogP contribution >= 0.6 is 0 Å². The summed E-state index contributed by atoms with van der Waals surface area (Å²) in [5.41, 5.74) is 0. The van der Waals surface area contributed by atoms with Crippen molar-refractivity contribution in [2.24, 2.45) is 0 Å². The number of hydrogen-bond donors (Lipinski definition) is 0. The summed E-state index contributed by atoms with van der Waals surface area (Å²) in [5.74, 6) is 0. The predicted octanol–water partition coefficient (Wildman–Crippen LogP) is 7.27. The molecule has 29 heavy (non-hydrogen) atoms. The average Bonchev–Trinajstić information content (AvgIpc) is 2.68. The minimum atomic E-state index is -0.971. The van der Waals surface area contributed by atoms with Crippen molar-refractivity contribution in [1.82, 2.24) is 0 Å². The lowest BCUT2D eigenvalue weighted by Gasteiger charge is -2.08. The third kappa shape index (κ3) is 21.1. The molecule has 0 aliphatic carbocycles. The fraction of sp³-hybridized carbons (Fsp3) is 1.00. The average molecular weight is 417 g/mol. The Labute approximate surface area is 177 Å². The number of nitrogens with zero attached hydrogens (tertiary/aromatic N) is 2. The summed E-state index contributed by atoms with van der Waals surface area (Å²) in [5, 5.41) is 20.0. The zero-order chi connectivity index (χ0) is 21.6. The van der Waals surface area contributed by atoms with Crippen molar-refractivity contribution in [3.8, 4) is 0 Å². The lowest BCUT2D eigenvalue weighted by molar-refractivity contribution is -0.765. The zero-order valence-electron chi connectivity index (χ0n) is 18.7. The van der Waals surface area contributed by atoms with Crippen LogP contribution in [0.5, 0.6) is 0 Å². The number of nitro groups is 1. The van der Waals surface area contributed by atoms with Crippen molar-refractivity contribution in [1.29, 1.82) is 0 Å². The fourth-order valence-corrected chi connectivity index (χ4v) is 3.68. The normalized spacial score (nSPS) is 12.0. The maximum absolute atomic E-state index is 10.8. The first-order chi connectivity index (χ1) is 14.1. The third-order valence-electron chi connectivity index (χ3n) is 5.56. The van der Waals surface area contributed by atoms with Gasteiger partial charge in [0.25, 0.3) is 5.09 Å². The highest BCUT2D eigenvalue weighted by molar-refractivity contribution is 4.56. The molecule has 0 aromatic heterocycles. The molecule has 0 aromatic rings. The number of hydrogen-bond acceptors (Lipinski definition) is 5. The molecular weight excluding hydrogens is 372 g/mol. The topological polar surface area (TPSA) is 95.5 Å². The quantitative estimate of drug-likeness (QED) is 0.0991. The molecular formula is C22H44N2O5. The van der Waals surface area contributed by atoms with E-state index in [9.17, 15) is 20.2 Å². The molecule has 0 rings (SSSR count). The van der Waals surface area contributed by atoms with Gasteiger partial charge < -0.3 is 4.84 Å². The van der Waals surface area contributed by atoms with E-state index < -0.39 is 22.7 Å². The first-order valence-electron chi connectivity index (χ1n) is 12.0. The largest absolute Gasteiger partial charge is 0.307 e. The second-order valence-electron chi connectivity index (χ2n) is 8.26. The molecule has 1 unspecified atom stereocenters. The molecule has 0 N–H and O–H groups in total. The van der Waals surface area contributed by atoms with E-state index in [-0.39, 0.29) is 0 Å². The second kappa shape index (κ2) is 21.3. The van der Waals surface area contributed by atoms with Crippen LogP contribution in [0.2, 0.25) is 0 Å². The van der Waals surface area contributed by atoms with Crippen molar-refractivity contribution >= 4 is 0 Å². The van der Waals surface area contributed by atoms with Gasteiger partial charge in [0, 0.05) is 11.3 Å². The lowest BCUT2D eigenvalue weighted by atomic mass is 10.0. The van der Waals surface area contributed by atoms with E-state index in [2.05, 4.69) is 11.8 Å². The summed E-state index contributed by atoms with van der Waals surface area (Å²) in [6.07, 6.45) is 23.4. The Morgan fingerprint density at radius 1 is 0.621 bits per heavy atom. The van der Waals surface area contributed by atoms with Crippen LogP contribution in [0.25, 0.3) is 0 Å². The number of unbranched alkanes of at least 4 members (excludes halogenated alkanes) is 17. The molecule has 1 atom stereocenters. The zero-order valence-corrected chi connectivity index (χ0v) is 18.7. The highest BCUT2D eigenvalue weighted by Gasteiger charge is 2.21. The maximum Gasteiger partial charge on any atom is 0.294 e. The Hall–Kier alpha value is -1.40. The summed E-state index contributed by atoms with van der Waals surface area (Å²) in [6.45, 7) is 1.82. The van der Waals surface area contributed by atoms with Gasteiger partial charge in [-0.05, 0) is 6.42 Å². The fourth-order valence-electron chi connectivity index (χ4n) is 3.68. The highest BCUT2D eigenvalue weighted by atomic mass is 17.0. The minimum Gasteiger partial charge on any atom is -0.307 e. The van der Waals surface area contributed by atoms with Gasteiger partial charge in [0.15, 0.2) is 6.61 Å². The Bertz CT molecular complexity index is 393. The standard InChI is InChI=1S/C22H44N2O5/c1-2-3-4-5-6-7-8-9-10-11-12-13-14-15-16-17-18-19-20-22(23(25)26)21-29-24(27)28/h22H,2-21H2,1H3. The van der Waals surface area contributed by atoms with Gasteiger partial charge in [-0.1, -0.05) is 116 Å². The Morgan fingerprint density at radius 3 is 1.28 bits per heavy atom. The molecule has 0 aromatic carbocycles. The Balaban J connectivity index is 3.27. The molecule has 0 aliphatic heterocycles. The maximum atomic E-state index is 10.8. The summed E-state index contributed by atoms with van der Waals surface area (Å²) in [4.78, 5) is 24.6. The molecule has 0 spiro atoms. The first-order valence-corrected chi connectivity index (χ1v) is 12.0. The Kier molecular flexibility index (Phi) is 20.3. The van der Waals surface area contributed by atoms with Crippen LogP contribution in [0.3, 0.4) is 0 Å². The van der Waals surface area contributed by atoms with Crippen LogP contribution in [-0.4, -0.2) is 22.7 Å². The molecule has 0 bridgehead atoms. The third-order valence-corrected chi connectivity index (χ3v) is 5.56. The predicted molar refractivity (Wildman–Crippen MR) is 117 cm³/mol. The summed E-state index contributed by atoms with van der Waals surface area (Å²) >= 11 is 0. The molecule has 0 aliphatic rings. The Morgan fingerprint density at radius 2 is 0.966 bits per heavy atom. The second-order valence-corrected chi connectivity index (χ2v) is 8.26. The van der Waals surface area contributed by atoms with E-state index in [1.165, 1.54) is 96.3 Å². The van der Waals surface area contributed by atoms with E-state index >= 15 is 0 Å². The van der Waals surface area contributed by atoms with Crippen molar-refractivity contribution in [3.05, 3.63) is 20.2 Å². The molecule has 0 fully saturated rings. The van der Waals surface area contributed by atoms with Crippen LogP contribution in [0, 0.1) is 20.2 Å². The van der Waals surface area contributed by atoms with Gasteiger partial charge in [-0.25, -0.2) is 0 Å². The summed E-state index contributed by atoms with van der Waals surface area (Å²) in [7, 11) is 0. The summed E-state index contributed by atoms with van der Waals surface area (Å²) < 4.78 is 0. The highest BCUT2D eigenvalue weighted by Crippen LogP contribution is 2.15. The molecule has 0 amide bonds.